The Hall–Kier alpha value is -2.36. The number of rotatable bonds is 5. The number of hydrogen-bond donors (Lipinski definition) is 3. The number of nitrogen functional groups attached to an aromatic ring is 2. The van der Waals surface area contributed by atoms with Crippen molar-refractivity contribution in [2.45, 2.75) is 13.8 Å². The van der Waals surface area contributed by atoms with Crippen LogP contribution in [-0.2, 0) is 0 Å². The van der Waals surface area contributed by atoms with Gasteiger partial charge in [0.15, 0.2) is 0 Å². The topological polar surface area (TPSA) is 73.3 Å². The molecule has 0 aliphatic heterocycles. The Balaban J connectivity index is 2.03. The molecule has 0 amide bonds. The van der Waals surface area contributed by atoms with E-state index >= 15 is 0 Å². The predicted molar refractivity (Wildman–Crippen MR) is 85.3 cm³/mol. The first kappa shape index (κ1) is 14.1. The molecular formula is C16H21N3O. The minimum Gasteiger partial charge on any atom is -0.493 e. The second-order valence-electron chi connectivity index (χ2n) is 5.20. The van der Waals surface area contributed by atoms with Crippen LogP contribution in [0, 0.1) is 5.92 Å². The first-order valence-corrected chi connectivity index (χ1v) is 6.69. The fourth-order valence-corrected chi connectivity index (χ4v) is 1.75. The van der Waals surface area contributed by atoms with Gasteiger partial charge < -0.3 is 21.5 Å². The molecule has 2 aromatic rings. The first-order chi connectivity index (χ1) is 9.54. The second-order valence-corrected chi connectivity index (χ2v) is 5.20. The molecule has 0 saturated heterocycles. The van der Waals surface area contributed by atoms with Gasteiger partial charge in [-0.15, -0.1) is 0 Å². The summed E-state index contributed by atoms with van der Waals surface area (Å²) in [6.45, 7) is 4.97. The summed E-state index contributed by atoms with van der Waals surface area (Å²) in [7, 11) is 0. The predicted octanol–water partition coefficient (Wildman–Crippen LogP) is 3.63. The van der Waals surface area contributed by atoms with Gasteiger partial charge in [0.2, 0.25) is 0 Å². The van der Waals surface area contributed by atoms with Crippen molar-refractivity contribution in [3.05, 3.63) is 42.5 Å². The lowest BCUT2D eigenvalue weighted by molar-refractivity contribution is 0.271. The second kappa shape index (κ2) is 6.19. The lowest BCUT2D eigenvalue weighted by Crippen LogP contribution is -2.04. The molecule has 0 radical (unpaired) electrons. The molecular weight excluding hydrogens is 250 g/mol. The van der Waals surface area contributed by atoms with E-state index in [9.17, 15) is 0 Å². The summed E-state index contributed by atoms with van der Waals surface area (Å²) in [6, 6.07) is 13.2. The highest BCUT2D eigenvalue weighted by molar-refractivity contribution is 5.75. The fourth-order valence-electron chi connectivity index (χ4n) is 1.75. The van der Waals surface area contributed by atoms with Gasteiger partial charge in [0.25, 0.3) is 0 Å². The Morgan fingerprint density at radius 2 is 1.75 bits per heavy atom. The van der Waals surface area contributed by atoms with Crippen LogP contribution in [0.5, 0.6) is 5.75 Å². The van der Waals surface area contributed by atoms with Gasteiger partial charge >= 0.3 is 0 Å². The molecule has 0 atom stereocenters. The van der Waals surface area contributed by atoms with E-state index in [0.717, 1.165) is 23.7 Å². The average molecular weight is 271 g/mol. The lowest BCUT2D eigenvalue weighted by atomic mass is 10.2. The molecule has 0 bridgehead atoms. The Kier molecular flexibility index (Phi) is 4.35. The molecule has 0 aliphatic carbocycles. The maximum absolute atomic E-state index is 5.91. The van der Waals surface area contributed by atoms with Crippen molar-refractivity contribution in [3.63, 3.8) is 0 Å². The Morgan fingerprint density at radius 1 is 1.05 bits per heavy atom. The number of nitrogens with two attached hydrogens (primary N) is 2. The number of hydrogen-bond acceptors (Lipinski definition) is 4. The van der Waals surface area contributed by atoms with Gasteiger partial charge in [-0.3, -0.25) is 0 Å². The standard InChI is InChI=1S/C16H21N3O/c1-11(2)10-20-14-6-4-13(5-7-14)19-16-8-3-12(17)9-15(16)18/h3-9,11,19H,10,17-18H2,1-2H3. The van der Waals surface area contributed by atoms with E-state index in [1.54, 1.807) is 6.07 Å². The minimum atomic E-state index is 0.516. The fraction of sp³-hybridized carbons (Fsp3) is 0.250. The van der Waals surface area contributed by atoms with Gasteiger partial charge in [-0.25, -0.2) is 0 Å². The van der Waals surface area contributed by atoms with Crippen molar-refractivity contribution in [2.75, 3.05) is 23.4 Å². The van der Waals surface area contributed by atoms with Crippen LogP contribution in [-0.4, -0.2) is 6.61 Å². The zero-order valence-electron chi connectivity index (χ0n) is 11.9. The number of benzene rings is 2. The number of ether oxygens (including phenoxy) is 1. The van der Waals surface area contributed by atoms with E-state index in [1.165, 1.54) is 0 Å². The summed E-state index contributed by atoms with van der Waals surface area (Å²) in [6.07, 6.45) is 0. The van der Waals surface area contributed by atoms with Crippen molar-refractivity contribution in [1.29, 1.82) is 0 Å². The zero-order chi connectivity index (χ0) is 14.5. The highest BCUT2D eigenvalue weighted by Crippen LogP contribution is 2.26. The van der Waals surface area contributed by atoms with E-state index in [4.69, 9.17) is 16.2 Å². The smallest absolute Gasteiger partial charge is 0.119 e. The molecule has 4 heteroatoms. The van der Waals surface area contributed by atoms with E-state index in [0.29, 0.717) is 17.3 Å². The summed E-state index contributed by atoms with van der Waals surface area (Å²) in [4.78, 5) is 0. The highest BCUT2D eigenvalue weighted by Gasteiger charge is 2.01. The molecule has 0 heterocycles. The summed E-state index contributed by atoms with van der Waals surface area (Å²) >= 11 is 0. The molecule has 0 aliphatic rings. The van der Waals surface area contributed by atoms with Crippen molar-refractivity contribution < 1.29 is 4.74 Å². The Labute approximate surface area is 119 Å². The molecule has 0 saturated carbocycles. The van der Waals surface area contributed by atoms with Gasteiger partial charge in [0.1, 0.15) is 5.75 Å². The zero-order valence-corrected chi connectivity index (χ0v) is 11.9. The van der Waals surface area contributed by atoms with E-state index in [1.807, 2.05) is 36.4 Å². The molecule has 2 aromatic carbocycles. The van der Waals surface area contributed by atoms with Crippen LogP contribution in [0.25, 0.3) is 0 Å². The van der Waals surface area contributed by atoms with Crippen LogP contribution >= 0.6 is 0 Å². The average Bonchev–Trinajstić information content (AvgIpc) is 2.41. The first-order valence-electron chi connectivity index (χ1n) is 6.69. The number of nitrogens with one attached hydrogen (secondary N) is 1. The highest BCUT2D eigenvalue weighted by atomic mass is 16.5. The quantitative estimate of drug-likeness (QED) is 0.726. The van der Waals surface area contributed by atoms with Crippen molar-refractivity contribution >= 4 is 22.7 Å². The van der Waals surface area contributed by atoms with E-state index < -0.39 is 0 Å². The van der Waals surface area contributed by atoms with E-state index in [2.05, 4.69) is 19.2 Å². The van der Waals surface area contributed by atoms with Crippen molar-refractivity contribution in [1.82, 2.24) is 0 Å². The van der Waals surface area contributed by atoms with Gasteiger partial charge in [-0.05, 0) is 48.4 Å². The third-order valence-corrected chi connectivity index (χ3v) is 2.79. The van der Waals surface area contributed by atoms with Gasteiger partial charge in [0.05, 0.1) is 18.0 Å². The van der Waals surface area contributed by atoms with Crippen LogP contribution in [0.1, 0.15) is 13.8 Å². The third kappa shape index (κ3) is 3.82. The van der Waals surface area contributed by atoms with Gasteiger partial charge in [0, 0.05) is 11.4 Å². The normalized spacial score (nSPS) is 10.6. The van der Waals surface area contributed by atoms with Crippen molar-refractivity contribution in [3.8, 4) is 5.75 Å². The van der Waals surface area contributed by atoms with Crippen LogP contribution in [0.3, 0.4) is 0 Å². The third-order valence-electron chi connectivity index (χ3n) is 2.79. The molecule has 0 unspecified atom stereocenters. The molecule has 0 spiro atoms. The summed E-state index contributed by atoms with van der Waals surface area (Å²) in [5, 5.41) is 3.26. The largest absolute Gasteiger partial charge is 0.493 e. The molecule has 106 valence electrons. The Morgan fingerprint density at radius 3 is 2.35 bits per heavy atom. The van der Waals surface area contributed by atoms with Gasteiger partial charge in [-0.2, -0.15) is 0 Å². The summed E-state index contributed by atoms with van der Waals surface area (Å²) in [5.41, 5.74) is 14.7. The number of anilines is 4. The molecule has 0 aromatic heterocycles. The molecule has 4 nitrogen and oxygen atoms in total. The molecule has 2 rings (SSSR count). The maximum Gasteiger partial charge on any atom is 0.119 e. The molecule has 5 N–H and O–H groups in total. The SMILES string of the molecule is CC(C)COc1ccc(Nc2ccc(N)cc2N)cc1. The monoisotopic (exact) mass is 271 g/mol. The summed E-state index contributed by atoms with van der Waals surface area (Å²) < 4.78 is 5.64. The minimum absolute atomic E-state index is 0.516. The van der Waals surface area contributed by atoms with E-state index in [-0.39, 0.29) is 0 Å². The Bertz CT molecular complexity index is 564. The maximum atomic E-state index is 5.91. The van der Waals surface area contributed by atoms with Crippen LogP contribution in [0.15, 0.2) is 42.5 Å². The van der Waals surface area contributed by atoms with Crippen molar-refractivity contribution in [2.24, 2.45) is 5.92 Å². The van der Waals surface area contributed by atoms with Crippen LogP contribution < -0.4 is 21.5 Å². The van der Waals surface area contributed by atoms with Gasteiger partial charge in [-0.1, -0.05) is 13.8 Å². The lowest BCUT2D eigenvalue weighted by Gasteiger charge is -2.12. The summed E-state index contributed by atoms with van der Waals surface area (Å²) in [5.74, 6) is 1.39. The molecule has 20 heavy (non-hydrogen) atoms. The van der Waals surface area contributed by atoms with Crippen LogP contribution in [0.4, 0.5) is 22.7 Å². The van der Waals surface area contributed by atoms with Crippen LogP contribution in [0.2, 0.25) is 0 Å². The molecule has 0 fully saturated rings.